The average molecular weight is 298 g/mol. The van der Waals surface area contributed by atoms with Gasteiger partial charge in [-0.15, -0.1) is 0 Å². The van der Waals surface area contributed by atoms with Crippen molar-refractivity contribution in [3.05, 3.63) is 41.7 Å². The third-order valence-electron chi connectivity index (χ3n) is 3.98. The molecular formula is C16H22N6. The van der Waals surface area contributed by atoms with E-state index in [2.05, 4.69) is 24.8 Å². The molecule has 6 heteroatoms. The van der Waals surface area contributed by atoms with E-state index in [4.69, 9.17) is 0 Å². The van der Waals surface area contributed by atoms with E-state index >= 15 is 0 Å². The third-order valence-corrected chi connectivity index (χ3v) is 3.98. The monoisotopic (exact) mass is 298 g/mol. The van der Waals surface area contributed by atoms with Crippen molar-refractivity contribution in [3.8, 4) is 0 Å². The molecule has 0 saturated carbocycles. The Morgan fingerprint density at radius 3 is 2.68 bits per heavy atom. The van der Waals surface area contributed by atoms with E-state index in [0.717, 1.165) is 42.5 Å². The van der Waals surface area contributed by atoms with Crippen LogP contribution in [0.4, 0.5) is 5.95 Å². The minimum atomic E-state index is 0.371. The average Bonchev–Trinajstić information content (AvgIpc) is 2.96. The summed E-state index contributed by atoms with van der Waals surface area (Å²) in [6.07, 6.45) is 8.03. The van der Waals surface area contributed by atoms with Crippen LogP contribution in [0, 0.1) is 6.92 Å². The zero-order valence-corrected chi connectivity index (χ0v) is 13.4. The summed E-state index contributed by atoms with van der Waals surface area (Å²) in [5.74, 6) is 1.58. The van der Waals surface area contributed by atoms with Crippen molar-refractivity contribution in [2.45, 2.75) is 32.4 Å². The van der Waals surface area contributed by atoms with Crippen molar-refractivity contribution in [1.29, 1.82) is 0 Å². The summed E-state index contributed by atoms with van der Waals surface area (Å²) in [5.41, 5.74) is 2.26. The number of aromatic nitrogens is 4. The highest BCUT2D eigenvalue weighted by atomic mass is 15.2. The van der Waals surface area contributed by atoms with Crippen molar-refractivity contribution in [2.24, 2.45) is 0 Å². The van der Waals surface area contributed by atoms with Crippen molar-refractivity contribution in [3.63, 3.8) is 0 Å². The highest BCUT2D eigenvalue weighted by Gasteiger charge is 2.27. The summed E-state index contributed by atoms with van der Waals surface area (Å²) in [7, 11) is 3.89. The van der Waals surface area contributed by atoms with Crippen LogP contribution in [0.2, 0.25) is 0 Å². The number of rotatable bonds is 4. The molecule has 1 aliphatic heterocycles. The number of hydrogen-bond donors (Lipinski definition) is 0. The molecule has 0 unspecified atom stereocenters. The zero-order valence-electron chi connectivity index (χ0n) is 13.4. The van der Waals surface area contributed by atoms with Gasteiger partial charge in [0, 0.05) is 44.8 Å². The number of hydrogen-bond acceptors (Lipinski definition) is 6. The first kappa shape index (κ1) is 14.8. The smallest absolute Gasteiger partial charge is 0.224 e. The third kappa shape index (κ3) is 3.22. The first-order valence-corrected chi connectivity index (χ1v) is 7.65. The number of likely N-dealkylation sites (tertiary alicyclic amines) is 1. The van der Waals surface area contributed by atoms with E-state index < -0.39 is 0 Å². The molecule has 3 heterocycles. The quantitative estimate of drug-likeness (QED) is 0.860. The maximum absolute atomic E-state index is 4.59. The second-order valence-corrected chi connectivity index (χ2v) is 5.94. The summed E-state index contributed by atoms with van der Waals surface area (Å²) in [6, 6.07) is 2.40. The molecule has 0 N–H and O–H groups in total. The molecule has 0 bridgehead atoms. The lowest BCUT2D eigenvalue weighted by Crippen LogP contribution is -2.24. The Labute approximate surface area is 131 Å². The van der Waals surface area contributed by atoms with Crippen LogP contribution in [0.3, 0.4) is 0 Å². The van der Waals surface area contributed by atoms with Gasteiger partial charge in [-0.1, -0.05) is 0 Å². The second-order valence-electron chi connectivity index (χ2n) is 5.94. The standard InChI is InChI=1S/C16H22N6/c1-12-17-7-6-14(20-12)15-5-4-8-22(15)11-13-9-18-16(19-10-13)21(2)3/h6-7,9-10,15H,4-5,8,11H2,1-3H3/t15-/m1/s1. The largest absolute Gasteiger partial charge is 0.347 e. The van der Waals surface area contributed by atoms with Crippen LogP contribution in [0.25, 0.3) is 0 Å². The molecule has 0 aliphatic carbocycles. The van der Waals surface area contributed by atoms with E-state index in [-0.39, 0.29) is 0 Å². The Balaban J connectivity index is 1.73. The van der Waals surface area contributed by atoms with Gasteiger partial charge in [-0.3, -0.25) is 4.90 Å². The van der Waals surface area contributed by atoms with Crippen LogP contribution in [0.15, 0.2) is 24.7 Å². The zero-order chi connectivity index (χ0) is 15.5. The van der Waals surface area contributed by atoms with Crippen LogP contribution in [0.1, 0.15) is 36.0 Å². The summed E-state index contributed by atoms with van der Waals surface area (Å²) in [6.45, 7) is 3.89. The van der Waals surface area contributed by atoms with Crippen molar-refractivity contribution >= 4 is 5.95 Å². The fourth-order valence-corrected chi connectivity index (χ4v) is 2.91. The Kier molecular flexibility index (Phi) is 4.29. The van der Waals surface area contributed by atoms with Gasteiger partial charge in [-0.05, 0) is 32.4 Å². The lowest BCUT2D eigenvalue weighted by Gasteiger charge is -2.24. The highest BCUT2D eigenvalue weighted by molar-refractivity contribution is 5.26. The van der Waals surface area contributed by atoms with Gasteiger partial charge in [-0.25, -0.2) is 19.9 Å². The molecule has 1 aliphatic rings. The second kappa shape index (κ2) is 6.36. The Hall–Kier alpha value is -2.08. The summed E-state index contributed by atoms with van der Waals surface area (Å²) < 4.78 is 0. The van der Waals surface area contributed by atoms with Crippen LogP contribution < -0.4 is 4.90 Å². The molecule has 1 atom stereocenters. The molecule has 2 aromatic rings. The van der Waals surface area contributed by atoms with Crippen LogP contribution in [0.5, 0.6) is 0 Å². The topological polar surface area (TPSA) is 58.0 Å². The van der Waals surface area contributed by atoms with E-state index in [9.17, 15) is 0 Å². The molecule has 22 heavy (non-hydrogen) atoms. The van der Waals surface area contributed by atoms with Gasteiger partial charge in [0.2, 0.25) is 5.95 Å². The molecule has 0 aromatic carbocycles. The normalized spacial score (nSPS) is 18.6. The van der Waals surface area contributed by atoms with Gasteiger partial charge in [0.25, 0.3) is 0 Å². The van der Waals surface area contributed by atoms with Gasteiger partial charge in [0.1, 0.15) is 5.82 Å². The fraction of sp³-hybridized carbons (Fsp3) is 0.500. The lowest BCUT2D eigenvalue weighted by molar-refractivity contribution is 0.243. The van der Waals surface area contributed by atoms with Crippen molar-refractivity contribution < 1.29 is 0 Å². The predicted molar refractivity (Wildman–Crippen MR) is 85.5 cm³/mol. The fourth-order valence-electron chi connectivity index (χ4n) is 2.91. The van der Waals surface area contributed by atoms with Crippen molar-refractivity contribution in [2.75, 3.05) is 25.5 Å². The molecule has 3 rings (SSSR count). The number of nitrogens with zero attached hydrogens (tertiary/aromatic N) is 6. The summed E-state index contributed by atoms with van der Waals surface area (Å²) >= 11 is 0. The summed E-state index contributed by atoms with van der Waals surface area (Å²) in [4.78, 5) is 21.9. The van der Waals surface area contributed by atoms with E-state index in [1.165, 1.54) is 6.42 Å². The van der Waals surface area contributed by atoms with Gasteiger partial charge in [0.05, 0.1) is 11.7 Å². The highest BCUT2D eigenvalue weighted by Crippen LogP contribution is 2.31. The Morgan fingerprint density at radius 1 is 1.23 bits per heavy atom. The van der Waals surface area contributed by atoms with Crippen molar-refractivity contribution in [1.82, 2.24) is 24.8 Å². The van der Waals surface area contributed by atoms with E-state index in [0.29, 0.717) is 6.04 Å². The van der Waals surface area contributed by atoms with Gasteiger partial charge in [-0.2, -0.15) is 0 Å². The number of aryl methyl sites for hydroxylation is 1. The molecule has 2 aromatic heterocycles. The minimum absolute atomic E-state index is 0.371. The predicted octanol–water partition coefficient (Wildman–Crippen LogP) is 1.98. The maximum Gasteiger partial charge on any atom is 0.224 e. The minimum Gasteiger partial charge on any atom is -0.347 e. The Bertz CT molecular complexity index is 625. The molecule has 116 valence electrons. The van der Waals surface area contributed by atoms with Crippen LogP contribution >= 0.6 is 0 Å². The van der Waals surface area contributed by atoms with Crippen LogP contribution in [-0.4, -0.2) is 45.5 Å². The molecule has 0 amide bonds. The number of anilines is 1. The molecule has 1 fully saturated rings. The summed E-state index contributed by atoms with van der Waals surface area (Å²) in [5, 5.41) is 0. The first-order valence-electron chi connectivity index (χ1n) is 7.65. The first-order chi connectivity index (χ1) is 10.6. The molecule has 6 nitrogen and oxygen atoms in total. The van der Waals surface area contributed by atoms with Gasteiger partial charge >= 0.3 is 0 Å². The van der Waals surface area contributed by atoms with E-state index in [1.807, 2.05) is 50.6 Å². The molecule has 1 saturated heterocycles. The SMILES string of the molecule is Cc1nccc([C@H]2CCCN2Cc2cnc(N(C)C)nc2)n1. The molecular weight excluding hydrogens is 276 g/mol. The van der Waals surface area contributed by atoms with Gasteiger partial charge in [0.15, 0.2) is 0 Å². The van der Waals surface area contributed by atoms with Crippen LogP contribution in [-0.2, 0) is 6.54 Å². The molecule has 0 spiro atoms. The van der Waals surface area contributed by atoms with Gasteiger partial charge < -0.3 is 4.90 Å². The maximum atomic E-state index is 4.59. The Morgan fingerprint density at radius 2 is 2.00 bits per heavy atom. The molecule has 0 radical (unpaired) electrons. The lowest BCUT2D eigenvalue weighted by atomic mass is 10.1. The van der Waals surface area contributed by atoms with E-state index in [1.54, 1.807) is 0 Å².